The first-order chi connectivity index (χ1) is 10.3. The number of hydrogen-bond acceptors (Lipinski definition) is 5. The minimum Gasteiger partial charge on any atom is -0.369 e. The highest BCUT2D eigenvalue weighted by molar-refractivity contribution is 7.99. The summed E-state index contributed by atoms with van der Waals surface area (Å²) in [6, 6.07) is 6.58. The van der Waals surface area contributed by atoms with E-state index < -0.39 is 9.84 Å². The maximum absolute atomic E-state index is 11.6. The number of nitrogens with one attached hydrogen (secondary N) is 1. The van der Waals surface area contributed by atoms with E-state index in [1.165, 1.54) is 11.1 Å². The topological polar surface area (TPSA) is 49.4 Å². The monoisotopic (exact) mass is 342 g/mol. The number of benzene rings is 1. The van der Waals surface area contributed by atoms with E-state index in [2.05, 4.69) is 48.5 Å². The molecule has 22 heavy (non-hydrogen) atoms. The minimum atomic E-state index is -2.84. The van der Waals surface area contributed by atoms with E-state index in [0.717, 1.165) is 12.2 Å². The van der Waals surface area contributed by atoms with Gasteiger partial charge in [0.1, 0.15) is 0 Å². The Morgan fingerprint density at radius 2 is 1.91 bits per heavy atom. The van der Waals surface area contributed by atoms with Crippen molar-refractivity contribution in [2.75, 3.05) is 42.8 Å². The van der Waals surface area contributed by atoms with E-state index in [9.17, 15) is 8.42 Å². The van der Waals surface area contributed by atoms with Gasteiger partial charge < -0.3 is 10.2 Å². The van der Waals surface area contributed by atoms with Crippen molar-refractivity contribution in [2.24, 2.45) is 0 Å². The minimum absolute atomic E-state index is 0.0757. The fraction of sp³-hybridized carbons (Fsp3) is 0.625. The lowest BCUT2D eigenvalue weighted by atomic mass is 9.98. The second-order valence-electron chi connectivity index (χ2n) is 6.23. The Labute approximate surface area is 138 Å². The largest absolute Gasteiger partial charge is 0.369 e. The molecule has 0 radical (unpaired) electrons. The van der Waals surface area contributed by atoms with E-state index >= 15 is 0 Å². The molecule has 0 aromatic heterocycles. The first-order valence-electron chi connectivity index (χ1n) is 7.57. The average Bonchev–Trinajstić information content (AvgIpc) is 2.48. The molecule has 6 heteroatoms. The van der Waals surface area contributed by atoms with E-state index in [1.54, 1.807) is 0 Å². The van der Waals surface area contributed by atoms with Crippen LogP contribution in [0.3, 0.4) is 0 Å². The lowest BCUT2D eigenvalue weighted by Crippen LogP contribution is -2.41. The molecule has 1 aliphatic heterocycles. The third-order valence-electron chi connectivity index (χ3n) is 4.34. The molecule has 1 fully saturated rings. The van der Waals surface area contributed by atoms with Crippen LogP contribution in [0.15, 0.2) is 18.2 Å². The van der Waals surface area contributed by atoms with Crippen molar-refractivity contribution in [3.8, 4) is 0 Å². The Morgan fingerprint density at radius 1 is 1.27 bits per heavy atom. The van der Waals surface area contributed by atoms with Crippen molar-refractivity contribution in [3.05, 3.63) is 29.3 Å². The first kappa shape index (κ1) is 17.6. The number of thioether (sulfide) groups is 1. The lowest BCUT2D eigenvalue weighted by molar-refractivity contribution is 0.586. The molecule has 0 aliphatic carbocycles. The Morgan fingerprint density at radius 3 is 2.45 bits per heavy atom. The van der Waals surface area contributed by atoms with Crippen molar-refractivity contribution in [2.45, 2.75) is 25.1 Å². The van der Waals surface area contributed by atoms with Crippen LogP contribution in [0, 0.1) is 0 Å². The molecular weight excluding hydrogens is 316 g/mol. The van der Waals surface area contributed by atoms with Crippen LogP contribution in [-0.4, -0.2) is 46.3 Å². The van der Waals surface area contributed by atoms with E-state index in [0.29, 0.717) is 13.1 Å². The van der Waals surface area contributed by atoms with E-state index in [1.807, 2.05) is 18.8 Å². The van der Waals surface area contributed by atoms with Crippen LogP contribution in [0.5, 0.6) is 0 Å². The summed E-state index contributed by atoms with van der Waals surface area (Å²) in [7, 11) is -0.903. The maximum atomic E-state index is 11.6. The fourth-order valence-corrected chi connectivity index (χ4v) is 4.24. The van der Waals surface area contributed by atoms with Gasteiger partial charge in [-0.1, -0.05) is 12.1 Å². The van der Waals surface area contributed by atoms with E-state index in [4.69, 9.17) is 0 Å². The molecule has 0 atom stereocenters. The predicted molar refractivity (Wildman–Crippen MR) is 96.6 cm³/mol. The van der Waals surface area contributed by atoms with Crippen molar-refractivity contribution in [1.82, 2.24) is 5.32 Å². The van der Waals surface area contributed by atoms with E-state index in [-0.39, 0.29) is 16.3 Å². The molecule has 1 aromatic rings. The molecule has 1 aromatic carbocycles. The molecule has 1 N–H and O–H groups in total. The second kappa shape index (κ2) is 6.81. The molecule has 4 nitrogen and oxygen atoms in total. The van der Waals surface area contributed by atoms with Crippen LogP contribution >= 0.6 is 11.8 Å². The quantitative estimate of drug-likeness (QED) is 0.889. The Hall–Kier alpha value is -0.720. The van der Waals surface area contributed by atoms with Gasteiger partial charge in [-0.15, -0.1) is 0 Å². The van der Waals surface area contributed by atoms with Gasteiger partial charge in [0.15, 0.2) is 9.84 Å². The summed E-state index contributed by atoms with van der Waals surface area (Å²) in [5.74, 6) is 0.508. The number of nitrogens with zero attached hydrogens (tertiary/aromatic N) is 1. The zero-order chi connectivity index (χ0) is 16.4. The third-order valence-corrected chi connectivity index (χ3v) is 7.20. The normalized spacial score (nSPS) is 18.5. The zero-order valence-corrected chi connectivity index (χ0v) is 15.5. The smallest absolute Gasteiger partial charge is 0.153 e. The van der Waals surface area contributed by atoms with Gasteiger partial charge in [-0.3, -0.25) is 0 Å². The summed E-state index contributed by atoms with van der Waals surface area (Å²) in [6.45, 7) is 6.41. The van der Waals surface area contributed by atoms with Crippen molar-refractivity contribution < 1.29 is 8.42 Å². The number of hydrogen-bond donors (Lipinski definition) is 1. The lowest BCUT2D eigenvalue weighted by Gasteiger charge is -2.32. The van der Waals surface area contributed by atoms with Crippen LogP contribution in [0.2, 0.25) is 0 Å². The summed E-state index contributed by atoms with van der Waals surface area (Å²) in [5, 5.41) is 3.22. The molecule has 2 rings (SSSR count). The Bertz CT molecular complexity index is 613. The summed E-state index contributed by atoms with van der Waals surface area (Å²) in [5.41, 5.74) is 3.70. The predicted octanol–water partition coefficient (Wildman–Crippen LogP) is 2.24. The average molecular weight is 343 g/mol. The van der Waals surface area contributed by atoms with Gasteiger partial charge in [-0.25, -0.2) is 8.42 Å². The molecule has 0 spiro atoms. The summed E-state index contributed by atoms with van der Waals surface area (Å²) in [4.78, 5) is 2.20. The Kier molecular flexibility index (Phi) is 5.45. The van der Waals surface area contributed by atoms with Crippen LogP contribution in [0.4, 0.5) is 5.69 Å². The summed E-state index contributed by atoms with van der Waals surface area (Å²) >= 11 is 1.83. The number of rotatable bonds is 5. The van der Waals surface area contributed by atoms with Gasteiger partial charge in [-0.05, 0) is 44.3 Å². The second-order valence-corrected chi connectivity index (χ2v) is 9.96. The molecule has 1 heterocycles. The van der Waals surface area contributed by atoms with Gasteiger partial charge in [0.05, 0.1) is 11.5 Å². The Balaban J connectivity index is 2.32. The van der Waals surface area contributed by atoms with Gasteiger partial charge in [0, 0.05) is 30.1 Å². The highest BCUT2D eigenvalue weighted by atomic mass is 32.2. The first-order valence-corrected chi connectivity index (χ1v) is 10.6. The summed E-state index contributed by atoms with van der Waals surface area (Å²) < 4.78 is 23.3. The van der Waals surface area contributed by atoms with Crippen LogP contribution in [-0.2, 0) is 21.1 Å². The molecule has 0 unspecified atom stereocenters. The molecular formula is C16H26N2O2S2. The standard InChI is InChI=1S/C16H26N2O2S2/c1-16(2,21-4)14-5-6-15(13(11-14)12-17-3)18-7-9-22(19,20)10-8-18/h5-6,11,17H,7-10,12H2,1-4H3. The fourth-order valence-electron chi connectivity index (χ4n) is 2.67. The zero-order valence-electron chi connectivity index (χ0n) is 13.8. The third kappa shape index (κ3) is 3.97. The summed E-state index contributed by atoms with van der Waals surface area (Å²) in [6.07, 6.45) is 2.13. The highest BCUT2D eigenvalue weighted by Gasteiger charge is 2.25. The van der Waals surface area contributed by atoms with Gasteiger partial charge >= 0.3 is 0 Å². The molecule has 124 valence electrons. The SMILES string of the molecule is CNCc1cc(C(C)(C)SC)ccc1N1CCS(=O)(=O)CC1. The molecule has 0 amide bonds. The van der Waals surface area contributed by atoms with Gasteiger partial charge in [-0.2, -0.15) is 11.8 Å². The van der Waals surface area contributed by atoms with Crippen LogP contribution < -0.4 is 10.2 Å². The van der Waals surface area contributed by atoms with Crippen molar-refractivity contribution in [3.63, 3.8) is 0 Å². The molecule has 0 saturated carbocycles. The van der Waals surface area contributed by atoms with Crippen molar-refractivity contribution >= 4 is 27.3 Å². The van der Waals surface area contributed by atoms with Gasteiger partial charge in [0.25, 0.3) is 0 Å². The number of sulfone groups is 1. The maximum Gasteiger partial charge on any atom is 0.153 e. The number of anilines is 1. The highest BCUT2D eigenvalue weighted by Crippen LogP contribution is 2.36. The van der Waals surface area contributed by atoms with Gasteiger partial charge in [0.2, 0.25) is 0 Å². The molecule has 1 aliphatic rings. The van der Waals surface area contributed by atoms with Crippen LogP contribution in [0.25, 0.3) is 0 Å². The van der Waals surface area contributed by atoms with Crippen LogP contribution in [0.1, 0.15) is 25.0 Å². The van der Waals surface area contributed by atoms with Crippen molar-refractivity contribution in [1.29, 1.82) is 0 Å². The molecule has 0 bridgehead atoms. The molecule has 1 saturated heterocycles.